The van der Waals surface area contributed by atoms with Gasteiger partial charge in [-0.15, -0.1) is 0 Å². The van der Waals surface area contributed by atoms with Gasteiger partial charge in [-0.3, -0.25) is 19.5 Å². The first-order chi connectivity index (χ1) is 16.4. The smallest absolute Gasteiger partial charge is 0.290 e. The Labute approximate surface area is 206 Å². The fourth-order valence-electron chi connectivity index (χ4n) is 4.22. The van der Waals surface area contributed by atoms with Gasteiger partial charge in [-0.1, -0.05) is 23.2 Å². The number of halogens is 2. The molecule has 2 amide bonds. The highest BCUT2D eigenvalue weighted by atomic mass is 35.5. The lowest BCUT2D eigenvalue weighted by Crippen LogP contribution is -2.49. The van der Waals surface area contributed by atoms with Crippen LogP contribution in [0.25, 0.3) is 22.1 Å². The van der Waals surface area contributed by atoms with Crippen molar-refractivity contribution in [1.82, 2.24) is 14.8 Å². The number of pyridine rings is 1. The Balaban J connectivity index is 1.82. The summed E-state index contributed by atoms with van der Waals surface area (Å²) >= 11 is 12.8. The van der Waals surface area contributed by atoms with Crippen molar-refractivity contribution >= 4 is 46.0 Å². The number of carbonyl (C=O) groups is 2. The van der Waals surface area contributed by atoms with Crippen molar-refractivity contribution in [3.8, 4) is 16.9 Å². The van der Waals surface area contributed by atoms with Crippen molar-refractivity contribution in [3.63, 3.8) is 0 Å². The average molecular weight is 507 g/mol. The van der Waals surface area contributed by atoms with E-state index in [0.29, 0.717) is 54.9 Å². The SMILES string of the molecule is COc1ccc(-c2c(Cl)cncc2Cl)c2c(C(N)=O)c(C(=O)N3CCN(CCCO)CC3)oc12. The van der Waals surface area contributed by atoms with E-state index in [-0.39, 0.29) is 33.6 Å². The number of hydrogen-bond acceptors (Lipinski definition) is 7. The lowest BCUT2D eigenvalue weighted by atomic mass is 9.98. The van der Waals surface area contributed by atoms with Gasteiger partial charge in [0.2, 0.25) is 5.76 Å². The number of primary amides is 1. The summed E-state index contributed by atoms with van der Waals surface area (Å²) in [5, 5.41) is 9.87. The molecule has 1 aliphatic heterocycles. The first kappa shape index (κ1) is 24.3. The summed E-state index contributed by atoms with van der Waals surface area (Å²) in [6.45, 7) is 3.07. The molecule has 0 saturated carbocycles. The number of ether oxygens (including phenoxy) is 1. The van der Waals surface area contributed by atoms with Gasteiger partial charge in [-0.25, -0.2) is 0 Å². The Morgan fingerprint density at radius 1 is 1.18 bits per heavy atom. The summed E-state index contributed by atoms with van der Waals surface area (Å²) in [7, 11) is 1.46. The van der Waals surface area contributed by atoms with E-state index in [9.17, 15) is 9.59 Å². The number of aromatic nitrogens is 1. The van der Waals surface area contributed by atoms with Gasteiger partial charge in [0, 0.05) is 62.7 Å². The van der Waals surface area contributed by atoms with Crippen molar-refractivity contribution < 1.29 is 23.8 Å². The normalized spacial score (nSPS) is 14.5. The molecule has 1 aromatic carbocycles. The number of methoxy groups -OCH3 is 1. The van der Waals surface area contributed by atoms with Crippen molar-refractivity contribution in [2.24, 2.45) is 5.73 Å². The molecule has 0 bridgehead atoms. The summed E-state index contributed by atoms with van der Waals surface area (Å²) in [5.41, 5.74) is 6.81. The lowest BCUT2D eigenvalue weighted by Gasteiger charge is -2.34. The molecule has 34 heavy (non-hydrogen) atoms. The number of carbonyl (C=O) groups excluding carboxylic acids is 2. The molecule has 3 N–H and O–H groups in total. The molecule has 9 nitrogen and oxygen atoms in total. The number of aliphatic hydroxyl groups is 1. The zero-order chi connectivity index (χ0) is 24.4. The minimum Gasteiger partial charge on any atom is -0.493 e. The topological polar surface area (TPSA) is 122 Å². The predicted octanol–water partition coefficient (Wildman–Crippen LogP) is 3.05. The van der Waals surface area contributed by atoms with Crippen molar-refractivity contribution in [3.05, 3.63) is 45.9 Å². The maximum absolute atomic E-state index is 13.5. The van der Waals surface area contributed by atoms with Gasteiger partial charge >= 0.3 is 0 Å². The highest BCUT2D eigenvalue weighted by Gasteiger charge is 2.33. The van der Waals surface area contributed by atoms with E-state index in [0.717, 1.165) is 6.54 Å². The van der Waals surface area contributed by atoms with E-state index in [1.54, 1.807) is 17.0 Å². The molecule has 4 rings (SSSR count). The van der Waals surface area contributed by atoms with Gasteiger partial charge < -0.3 is 24.9 Å². The Morgan fingerprint density at radius 3 is 2.44 bits per heavy atom. The first-order valence-corrected chi connectivity index (χ1v) is 11.5. The molecule has 11 heteroatoms. The van der Waals surface area contributed by atoms with Crippen LogP contribution in [0.5, 0.6) is 5.75 Å². The zero-order valence-electron chi connectivity index (χ0n) is 18.5. The van der Waals surface area contributed by atoms with Gasteiger partial charge in [0.05, 0.1) is 22.7 Å². The van der Waals surface area contributed by atoms with Gasteiger partial charge in [-0.2, -0.15) is 0 Å². The number of hydrogen-bond donors (Lipinski definition) is 2. The quantitative estimate of drug-likeness (QED) is 0.504. The van der Waals surface area contributed by atoms with Gasteiger partial charge in [0.25, 0.3) is 11.8 Å². The summed E-state index contributed by atoms with van der Waals surface area (Å²) in [4.78, 5) is 33.9. The first-order valence-electron chi connectivity index (χ1n) is 10.7. The molecule has 2 aromatic heterocycles. The van der Waals surface area contributed by atoms with Crippen LogP contribution in [0.3, 0.4) is 0 Å². The number of benzene rings is 1. The third kappa shape index (κ3) is 4.44. The molecule has 0 radical (unpaired) electrons. The second-order valence-electron chi connectivity index (χ2n) is 7.88. The molecular formula is C23H24Cl2N4O5. The van der Waals surface area contributed by atoms with Gasteiger partial charge in [-0.05, 0) is 24.1 Å². The van der Waals surface area contributed by atoms with Crippen LogP contribution in [0.1, 0.15) is 27.3 Å². The number of furan rings is 1. The molecule has 3 heterocycles. The number of aliphatic hydroxyl groups excluding tert-OH is 1. The number of nitrogens with zero attached hydrogens (tertiary/aromatic N) is 3. The minimum atomic E-state index is -0.820. The predicted molar refractivity (Wildman–Crippen MR) is 129 cm³/mol. The van der Waals surface area contributed by atoms with Crippen molar-refractivity contribution in [2.45, 2.75) is 6.42 Å². The maximum atomic E-state index is 13.5. The van der Waals surface area contributed by atoms with E-state index < -0.39 is 11.8 Å². The molecule has 1 fully saturated rings. The number of fused-ring (bicyclic) bond motifs is 1. The molecule has 0 aliphatic carbocycles. The summed E-state index contributed by atoms with van der Waals surface area (Å²) in [5.74, 6) is -1.08. The van der Waals surface area contributed by atoms with Crippen LogP contribution in [0, 0.1) is 0 Å². The van der Waals surface area contributed by atoms with E-state index in [1.165, 1.54) is 19.5 Å². The number of rotatable bonds is 7. The van der Waals surface area contributed by atoms with Gasteiger partial charge in [0.1, 0.15) is 0 Å². The molecule has 1 aliphatic rings. The van der Waals surface area contributed by atoms with Crippen LogP contribution in [-0.2, 0) is 0 Å². The second-order valence-corrected chi connectivity index (χ2v) is 8.69. The number of nitrogens with two attached hydrogens (primary N) is 1. The van der Waals surface area contributed by atoms with Gasteiger partial charge in [0.15, 0.2) is 11.3 Å². The van der Waals surface area contributed by atoms with Crippen LogP contribution < -0.4 is 10.5 Å². The van der Waals surface area contributed by atoms with Crippen molar-refractivity contribution in [2.75, 3.05) is 46.4 Å². The summed E-state index contributed by atoms with van der Waals surface area (Å²) in [6.07, 6.45) is 3.54. The molecule has 0 atom stereocenters. The Morgan fingerprint density at radius 2 is 1.85 bits per heavy atom. The van der Waals surface area contributed by atoms with Crippen LogP contribution >= 0.6 is 23.2 Å². The molecule has 1 saturated heterocycles. The minimum absolute atomic E-state index is 0.0550. The lowest BCUT2D eigenvalue weighted by molar-refractivity contribution is 0.0597. The van der Waals surface area contributed by atoms with Crippen LogP contribution in [0.15, 0.2) is 28.9 Å². The standard InChI is InChI=1S/C23H24Cl2N4O5/c1-33-16-4-3-13(17-14(24)11-27-12-15(17)25)18-19(22(26)31)21(34-20(16)18)23(32)29-8-6-28(7-9-29)5-2-10-30/h3-4,11-12,30H,2,5-10H2,1H3,(H2,26,31). The molecule has 0 spiro atoms. The van der Waals surface area contributed by atoms with Crippen LogP contribution in [0.4, 0.5) is 0 Å². The maximum Gasteiger partial charge on any atom is 0.290 e. The van der Waals surface area contributed by atoms with Crippen LogP contribution in [-0.4, -0.2) is 78.1 Å². The highest BCUT2D eigenvalue weighted by Crippen LogP contribution is 2.44. The Kier molecular flexibility index (Phi) is 7.27. The van der Waals surface area contributed by atoms with E-state index in [4.69, 9.17) is 43.2 Å². The monoisotopic (exact) mass is 506 g/mol. The molecule has 180 valence electrons. The number of piperazine rings is 1. The molecule has 0 unspecified atom stereocenters. The number of amides is 2. The average Bonchev–Trinajstić information content (AvgIpc) is 3.24. The molecule has 3 aromatic rings. The zero-order valence-corrected chi connectivity index (χ0v) is 20.0. The summed E-state index contributed by atoms with van der Waals surface area (Å²) < 4.78 is 11.4. The summed E-state index contributed by atoms with van der Waals surface area (Å²) in [6, 6.07) is 3.33. The Bertz CT molecular complexity index is 1220. The highest BCUT2D eigenvalue weighted by molar-refractivity contribution is 6.39. The second kappa shape index (κ2) is 10.2. The third-order valence-corrected chi connectivity index (χ3v) is 6.45. The third-order valence-electron chi connectivity index (χ3n) is 5.88. The molecular weight excluding hydrogens is 483 g/mol. The fraction of sp³-hybridized carbons (Fsp3) is 0.348. The largest absolute Gasteiger partial charge is 0.493 e. The van der Waals surface area contributed by atoms with Crippen LogP contribution in [0.2, 0.25) is 10.0 Å². The van der Waals surface area contributed by atoms with E-state index >= 15 is 0 Å². The van der Waals surface area contributed by atoms with Crippen molar-refractivity contribution in [1.29, 1.82) is 0 Å². The fourth-order valence-corrected chi connectivity index (χ4v) is 4.78. The Hall–Kier alpha value is -2.85. The van der Waals surface area contributed by atoms with E-state index in [2.05, 4.69) is 9.88 Å². The van der Waals surface area contributed by atoms with E-state index in [1.807, 2.05) is 0 Å².